The van der Waals surface area contributed by atoms with Gasteiger partial charge in [0.15, 0.2) is 0 Å². The van der Waals surface area contributed by atoms with Crippen LogP contribution in [0.1, 0.15) is 78.6 Å². The topological polar surface area (TPSA) is 44.8 Å². The minimum Gasteiger partial charge on any atom is -0.462 e. The standard InChI is InChI=1S/C20H40O4Si3/c1-6-8-10-12-16-25-23-27(5,24-26-17-13-11-9-7-2)18-14-15-22-20(21)19(3)4/h3,6-18H2,1-2,4-5H3. The van der Waals surface area contributed by atoms with Crippen molar-refractivity contribution < 1.29 is 17.8 Å². The SMILES string of the molecule is C=C(C)C(=O)OCCC[Si](C)(O[Si]CCCCCC)O[Si]CCCCCC. The smallest absolute Gasteiger partial charge is 0.333 e. The third-order valence-electron chi connectivity index (χ3n) is 4.20. The van der Waals surface area contributed by atoms with E-state index in [4.69, 9.17) is 13.0 Å². The summed E-state index contributed by atoms with van der Waals surface area (Å²) >= 11 is 0. The van der Waals surface area contributed by atoms with Crippen molar-refractivity contribution in [2.24, 2.45) is 0 Å². The van der Waals surface area contributed by atoms with Crippen molar-refractivity contribution in [1.29, 1.82) is 0 Å². The third-order valence-corrected chi connectivity index (χ3v) is 11.2. The highest BCUT2D eigenvalue weighted by Gasteiger charge is 2.30. The lowest BCUT2D eigenvalue weighted by atomic mass is 10.2. The van der Waals surface area contributed by atoms with Gasteiger partial charge in [0.05, 0.1) is 6.61 Å². The highest BCUT2D eigenvalue weighted by molar-refractivity contribution is 6.74. The molecule has 0 rings (SSSR count). The van der Waals surface area contributed by atoms with E-state index in [9.17, 15) is 4.79 Å². The van der Waals surface area contributed by atoms with Crippen LogP contribution in [0.25, 0.3) is 0 Å². The summed E-state index contributed by atoms with van der Waals surface area (Å²) in [5.74, 6) is -0.309. The van der Waals surface area contributed by atoms with Crippen molar-refractivity contribution in [3.8, 4) is 0 Å². The van der Waals surface area contributed by atoms with Gasteiger partial charge in [-0.1, -0.05) is 71.8 Å². The monoisotopic (exact) mass is 428 g/mol. The Hall–Kier alpha value is -0.219. The summed E-state index contributed by atoms with van der Waals surface area (Å²) < 4.78 is 17.8. The normalized spacial score (nSPS) is 11.6. The van der Waals surface area contributed by atoms with Gasteiger partial charge in [0.2, 0.25) is 19.5 Å². The van der Waals surface area contributed by atoms with Crippen LogP contribution in [0.3, 0.4) is 0 Å². The van der Waals surface area contributed by atoms with Crippen LogP contribution in [0.5, 0.6) is 0 Å². The summed E-state index contributed by atoms with van der Waals surface area (Å²) in [4.78, 5) is 11.5. The molecule has 0 N–H and O–H groups in total. The molecule has 0 bridgehead atoms. The van der Waals surface area contributed by atoms with Crippen LogP contribution >= 0.6 is 0 Å². The van der Waals surface area contributed by atoms with Gasteiger partial charge in [-0.15, -0.1) is 0 Å². The second-order valence-corrected chi connectivity index (χ2v) is 13.2. The van der Waals surface area contributed by atoms with Crippen LogP contribution in [0.2, 0.25) is 24.7 Å². The van der Waals surface area contributed by atoms with Gasteiger partial charge in [-0.05, 0) is 38.0 Å². The Morgan fingerprint density at radius 3 is 1.85 bits per heavy atom. The molecule has 0 unspecified atom stereocenters. The molecule has 0 spiro atoms. The Morgan fingerprint density at radius 2 is 1.41 bits per heavy atom. The molecular formula is C20H40O4Si3. The molecule has 0 aliphatic carbocycles. The van der Waals surface area contributed by atoms with Gasteiger partial charge in [-0.3, -0.25) is 0 Å². The minimum atomic E-state index is -2.17. The van der Waals surface area contributed by atoms with Gasteiger partial charge in [0.1, 0.15) is 0 Å². The van der Waals surface area contributed by atoms with E-state index in [1.54, 1.807) is 6.92 Å². The molecule has 0 aliphatic rings. The van der Waals surface area contributed by atoms with Gasteiger partial charge in [-0.2, -0.15) is 0 Å². The van der Waals surface area contributed by atoms with Crippen LogP contribution < -0.4 is 0 Å². The van der Waals surface area contributed by atoms with E-state index in [1.807, 2.05) is 0 Å². The molecule has 0 fully saturated rings. The van der Waals surface area contributed by atoms with Gasteiger partial charge >= 0.3 is 14.5 Å². The van der Waals surface area contributed by atoms with E-state index >= 15 is 0 Å². The highest BCUT2D eigenvalue weighted by Crippen LogP contribution is 2.17. The Bertz CT molecular complexity index is 375. The van der Waals surface area contributed by atoms with Crippen molar-refractivity contribution in [2.75, 3.05) is 6.61 Å². The molecule has 0 heterocycles. The summed E-state index contributed by atoms with van der Waals surface area (Å²) in [6, 6.07) is 3.15. The summed E-state index contributed by atoms with van der Waals surface area (Å²) in [6.07, 6.45) is 11.0. The molecular weight excluding hydrogens is 388 g/mol. The van der Waals surface area contributed by atoms with Crippen molar-refractivity contribution in [3.05, 3.63) is 12.2 Å². The van der Waals surface area contributed by atoms with E-state index in [0.717, 1.165) is 24.6 Å². The van der Waals surface area contributed by atoms with Crippen molar-refractivity contribution in [3.63, 3.8) is 0 Å². The zero-order chi connectivity index (χ0) is 20.4. The maximum absolute atomic E-state index is 11.5. The lowest BCUT2D eigenvalue weighted by Crippen LogP contribution is -2.41. The summed E-state index contributed by atoms with van der Waals surface area (Å²) in [7, 11) is -1.12. The van der Waals surface area contributed by atoms with E-state index in [0.29, 0.717) is 31.7 Å². The second kappa shape index (κ2) is 17.9. The molecule has 0 aliphatic heterocycles. The molecule has 27 heavy (non-hydrogen) atoms. The first-order valence-electron chi connectivity index (χ1n) is 10.6. The van der Waals surface area contributed by atoms with Crippen LogP contribution in [0.15, 0.2) is 12.2 Å². The number of carbonyl (C=O) groups excluding carboxylic acids is 1. The quantitative estimate of drug-likeness (QED) is 0.112. The van der Waals surface area contributed by atoms with E-state index in [1.165, 1.54) is 51.4 Å². The molecule has 0 saturated heterocycles. The van der Waals surface area contributed by atoms with Gasteiger partial charge in [0.25, 0.3) is 0 Å². The lowest BCUT2D eigenvalue weighted by molar-refractivity contribution is -0.138. The summed E-state index contributed by atoms with van der Waals surface area (Å²) in [5.41, 5.74) is 0.449. The van der Waals surface area contributed by atoms with Crippen LogP contribution in [0.4, 0.5) is 0 Å². The van der Waals surface area contributed by atoms with E-state index < -0.39 is 8.56 Å². The zero-order valence-corrected chi connectivity index (χ0v) is 21.0. The molecule has 7 heteroatoms. The molecule has 4 radical (unpaired) electrons. The number of rotatable bonds is 19. The van der Waals surface area contributed by atoms with Gasteiger partial charge in [0, 0.05) is 5.57 Å². The molecule has 0 atom stereocenters. The number of hydrogen-bond donors (Lipinski definition) is 0. The minimum absolute atomic E-state index is 0.309. The number of carbonyl (C=O) groups is 1. The Labute approximate surface area is 174 Å². The molecule has 0 saturated carbocycles. The summed E-state index contributed by atoms with van der Waals surface area (Å²) in [6.45, 7) is 12.3. The number of esters is 1. The lowest BCUT2D eigenvalue weighted by Gasteiger charge is -2.27. The number of unbranched alkanes of at least 4 members (excludes halogenated alkanes) is 6. The Kier molecular flexibility index (Phi) is 17.7. The first-order chi connectivity index (χ1) is 12.9. The average Bonchev–Trinajstić information content (AvgIpc) is 2.64. The molecule has 4 nitrogen and oxygen atoms in total. The van der Waals surface area contributed by atoms with Crippen molar-refractivity contribution in [1.82, 2.24) is 0 Å². The summed E-state index contributed by atoms with van der Waals surface area (Å²) in [5, 5.41) is 0. The van der Waals surface area contributed by atoms with Gasteiger partial charge < -0.3 is 13.0 Å². The van der Waals surface area contributed by atoms with Crippen molar-refractivity contribution in [2.45, 2.75) is 103 Å². The van der Waals surface area contributed by atoms with Crippen LogP contribution in [-0.2, 0) is 17.8 Å². The van der Waals surface area contributed by atoms with Crippen LogP contribution in [0, 0.1) is 0 Å². The molecule has 0 aromatic rings. The highest BCUT2D eigenvalue weighted by atomic mass is 28.4. The number of hydrogen-bond acceptors (Lipinski definition) is 4. The predicted octanol–water partition coefficient (Wildman–Crippen LogP) is 5.84. The molecule has 0 amide bonds. The fraction of sp³-hybridized carbons (Fsp3) is 0.850. The zero-order valence-electron chi connectivity index (χ0n) is 18.0. The molecule has 0 aromatic heterocycles. The third kappa shape index (κ3) is 16.4. The van der Waals surface area contributed by atoms with Gasteiger partial charge in [-0.25, -0.2) is 4.79 Å². The Morgan fingerprint density at radius 1 is 0.889 bits per heavy atom. The fourth-order valence-corrected chi connectivity index (χ4v) is 8.65. The van der Waals surface area contributed by atoms with Crippen LogP contribution in [-0.4, -0.2) is 40.7 Å². The second-order valence-electron chi connectivity index (χ2n) is 7.27. The maximum Gasteiger partial charge on any atom is 0.333 e. The average molecular weight is 429 g/mol. The predicted molar refractivity (Wildman–Crippen MR) is 118 cm³/mol. The first kappa shape index (κ1) is 26.8. The van der Waals surface area contributed by atoms with E-state index in [2.05, 4.69) is 27.0 Å². The largest absolute Gasteiger partial charge is 0.462 e. The molecule has 0 aromatic carbocycles. The Balaban J connectivity index is 4.20. The van der Waals surface area contributed by atoms with E-state index in [-0.39, 0.29) is 5.97 Å². The molecule has 156 valence electrons. The van der Waals surface area contributed by atoms with Crippen molar-refractivity contribution >= 4 is 34.1 Å². The first-order valence-corrected chi connectivity index (χ1v) is 15.3. The maximum atomic E-state index is 11.5. The fourth-order valence-electron chi connectivity index (χ4n) is 2.46. The number of ether oxygens (including phenoxy) is 1.